The number of anilines is 2. The number of carbonyl (C=O) groups excluding carboxylic acids is 1. The number of benzene rings is 1. The molecule has 2 aromatic heterocycles. The molecular formula is C19H20F3N3O3. The minimum atomic E-state index is -4.40. The first kappa shape index (κ1) is 19.8. The highest BCUT2D eigenvalue weighted by Crippen LogP contribution is 2.59. The van der Waals surface area contributed by atoms with Crippen molar-refractivity contribution in [1.29, 1.82) is 0 Å². The summed E-state index contributed by atoms with van der Waals surface area (Å²) in [7, 11) is 0. The van der Waals surface area contributed by atoms with Crippen LogP contribution in [-0.4, -0.2) is 17.4 Å². The average Bonchev–Trinajstić information content (AvgIpc) is 3.11. The second kappa shape index (κ2) is 7.21. The van der Waals surface area contributed by atoms with Gasteiger partial charge in [-0.3, -0.25) is 5.32 Å². The Morgan fingerprint density at radius 3 is 2.54 bits per heavy atom. The van der Waals surface area contributed by atoms with Gasteiger partial charge in [-0.15, -0.1) is 0 Å². The first-order valence-electron chi connectivity index (χ1n) is 8.89. The van der Waals surface area contributed by atoms with Crippen molar-refractivity contribution < 1.29 is 26.9 Å². The maximum Gasteiger partial charge on any atom is 0.401 e. The Bertz CT molecular complexity index is 987. The van der Waals surface area contributed by atoms with Gasteiger partial charge >= 0.3 is 12.2 Å². The molecule has 0 bridgehead atoms. The minimum Gasteiger partial charge on any atom is -0.462 e. The molecule has 1 aliphatic carbocycles. The third-order valence-corrected chi connectivity index (χ3v) is 4.60. The van der Waals surface area contributed by atoms with Crippen LogP contribution in [0.1, 0.15) is 38.0 Å². The SMILES string of the molecule is CC.Cc1ccc(NC(=O)Nc2cc(C3(C(F)(F)F)CC3)on2)c2occc12. The molecule has 0 saturated heterocycles. The Morgan fingerprint density at radius 1 is 1.18 bits per heavy atom. The quantitative estimate of drug-likeness (QED) is 0.570. The number of aryl methyl sites for hydroxylation is 1. The van der Waals surface area contributed by atoms with E-state index in [1.807, 2.05) is 26.8 Å². The number of aromatic nitrogens is 1. The lowest BCUT2D eigenvalue weighted by molar-refractivity contribution is -0.165. The number of amides is 2. The van der Waals surface area contributed by atoms with Crippen molar-refractivity contribution in [3.63, 3.8) is 0 Å². The number of carbonyl (C=O) groups is 1. The van der Waals surface area contributed by atoms with Crippen LogP contribution in [0, 0.1) is 6.92 Å². The van der Waals surface area contributed by atoms with Crippen LogP contribution in [0.15, 0.2) is 39.5 Å². The van der Waals surface area contributed by atoms with Crippen molar-refractivity contribution in [3.8, 4) is 0 Å². The van der Waals surface area contributed by atoms with Crippen molar-refractivity contribution in [1.82, 2.24) is 5.16 Å². The molecule has 0 atom stereocenters. The fourth-order valence-corrected chi connectivity index (χ4v) is 2.92. The minimum absolute atomic E-state index is 0.0445. The standard InChI is InChI=1S/C17H14F3N3O3.C2H6/c1-9-2-3-11(14-10(9)4-7-25-14)21-15(24)22-13-8-12(26-23-13)16(5-6-16)17(18,19)20;1-2/h2-4,7-8H,5-6H2,1H3,(H2,21,22,23,24);1-2H3. The lowest BCUT2D eigenvalue weighted by atomic mass is 10.0. The molecular weight excluding hydrogens is 375 g/mol. The first-order chi connectivity index (χ1) is 13.3. The first-order valence-corrected chi connectivity index (χ1v) is 8.89. The molecule has 0 radical (unpaired) electrons. The highest BCUT2D eigenvalue weighted by Gasteiger charge is 2.66. The second-order valence-electron chi connectivity index (χ2n) is 6.33. The van der Waals surface area contributed by atoms with Gasteiger partial charge in [0.05, 0.1) is 12.0 Å². The number of nitrogens with one attached hydrogen (secondary N) is 2. The topological polar surface area (TPSA) is 80.3 Å². The summed E-state index contributed by atoms with van der Waals surface area (Å²) in [6.45, 7) is 5.91. The number of furan rings is 1. The summed E-state index contributed by atoms with van der Waals surface area (Å²) < 4.78 is 49.5. The summed E-state index contributed by atoms with van der Waals surface area (Å²) in [5, 5.41) is 9.33. The number of hydrogen-bond donors (Lipinski definition) is 2. The van der Waals surface area contributed by atoms with Gasteiger partial charge < -0.3 is 14.3 Å². The Kier molecular flexibility index (Phi) is 5.10. The third kappa shape index (κ3) is 3.44. The van der Waals surface area contributed by atoms with Crippen molar-refractivity contribution in [3.05, 3.63) is 41.9 Å². The summed E-state index contributed by atoms with van der Waals surface area (Å²) >= 11 is 0. The number of halogens is 3. The highest BCUT2D eigenvalue weighted by molar-refractivity contribution is 6.04. The lowest BCUT2D eigenvalue weighted by Crippen LogP contribution is -2.28. The summed E-state index contributed by atoms with van der Waals surface area (Å²) in [5.74, 6) is -0.375. The van der Waals surface area contributed by atoms with E-state index >= 15 is 0 Å². The maximum atomic E-state index is 13.1. The molecule has 1 aliphatic rings. The summed E-state index contributed by atoms with van der Waals surface area (Å²) in [5.41, 5.74) is -0.0447. The molecule has 0 unspecified atom stereocenters. The summed E-state index contributed by atoms with van der Waals surface area (Å²) in [6.07, 6.45) is -2.98. The number of fused-ring (bicyclic) bond motifs is 1. The molecule has 28 heavy (non-hydrogen) atoms. The molecule has 2 amide bonds. The van der Waals surface area contributed by atoms with Crippen molar-refractivity contribution >= 4 is 28.5 Å². The van der Waals surface area contributed by atoms with E-state index in [2.05, 4.69) is 15.8 Å². The Morgan fingerprint density at radius 2 is 1.89 bits per heavy atom. The fraction of sp³-hybridized carbons (Fsp3) is 0.368. The van der Waals surface area contributed by atoms with Crippen molar-refractivity contribution in [2.75, 3.05) is 10.6 Å². The molecule has 1 saturated carbocycles. The molecule has 2 heterocycles. The molecule has 3 aromatic rings. The average molecular weight is 395 g/mol. The zero-order valence-electron chi connectivity index (χ0n) is 15.6. The van der Waals surface area contributed by atoms with Crippen molar-refractivity contribution in [2.45, 2.75) is 45.2 Å². The predicted molar refractivity (Wildman–Crippen MR) is 98.4 cm³/mol. The lowest BCUT2D eigenvalue weighted by Gasteiger charge is -2.14. The van der Waals surface area contributed by atoms with Gasteiger partial charge in [0.2, 0.25) is 0 Å². The van der Waals surface area contributed by atoms with Crippen LogP contribution in [-0.2, 0) is 5.41 Å². The largest absolute Gasteiger partial charge is 0.462 e. The van der Waals surface area contributed by atoms with Crippen LogP contribution in [0.5, 0.6) is 0 Å². The summed E-state index contributed by atoms with van der Waals surface area (Å²) in [6, 6.07) is 5.73. The normalized spacial score (nSPS) is 14.9. The van der Waals surface area contributed by atoms with Gasteiger partial charge in [0.25, 0.3) is 0 Å². The smallest absolute Gasteiger partial charge is 0.401 e. The molecule has 1 aromatic carbocycles. The van der Waals surface area contributed by atoms with E-state index in [9.17, 15) is 18.0 Å². The van der Waals surface area contributed by atoms with Crippen LogP contribution in [0.3, 0.4) is 0 Å². The molecule has 4 rings (SSSR count). The van der Waals surface area contributed by atoms with Gasteiger partial charge in [0.1, 0.15) is 5.41 Å². The number of alkyl halides is 3. The molecule has 1 fully saturated rings. The summed E-state index contributed by atoms with van der Waals surface area (Å²) in [4.78, 5) is 12.1. The zero-order chi connectivity index (χ0) is 20.5. The molecule has 150 valence electrons. The van der Waals surface area contributed by atoms with E-state index < -0.39 is 17.6 Å². The number of hydrogen-bond acceptors (Lipinski definition) is 4. The van der Waals surface area contributed by atoms with E-state index in [0.717, 1.165) is 17.0 Å². The van der Waals surface area contributed by atoms with Gasteiger partial charge in [-0.25, -0.2) is 4.79 Å². The van der Waals surface area contributed by atoms with E-state index in [4.69, 9.17) is 8.94 Å². The van der Waals surface area contributed by atoms with E-state index in [0.29, 0.717) is 11.3 Å². The van der Waals surface area contributed by atoms with Gasteiger partial charge in [-0.1, -0.05) is 25.1 Å². The Hall–Kier alpha value is -2.97. The molecule has 0 spiro atoms. The van der Waals surface area contributed by atoms with Crippen LogP contribution in [0.2, 0.25) is 0 Å². The molecule has 9 heteroatoms. The number of rotatable bonds is 3. The molecule has 6 nitrogen and oxygen atoms in total. The predicted octanol–water partition coefficient (Wildman–Crippen LogP) is 5.99. The van der Waals surface area contributed by atoms with Crippen LogP contribution >= 0.6 is 0 Å². The van der Waals surface area contributed by atoms with Gasteiger partial charge in [-0.05, 0) is 37.5 Å². The third-order valence-electron chi connectivity index (χ3n) is 4.60. The maximum absolute atomic E-state index is 13.1. The Balaban J connectivity index is 0.00000109. The van der Waals surface area contributed by atoms with E-state index in [1.165, 1.54) is 6.26 Å². The zero-order valence-corrected chi connectivity index (χ0v) is 15.6. The van der Waals surface area contributed by atoms with Gasteiger partial charge in [0.15, 0.2) is 17.2 Å². The van der Waals surface area contributed by atoms with Gasteiger partial charge in [-0.2, -0.15) is 13.2 Å². The van der Waals surface area contributed by atoms with Crippen LogP contribution in [0.4, 0.5) is 29.5 Å². The second-order valence-corrected chi connectivity index (χ2v) is 6.33. The monoisotopic (exact) mass is 395 g/mol. The molecule has 2 N–H and O–H groups in total. The fourth-order valence-electron chi connectivity index (χ4n) is 2.92. The van der Waals surface area contributed by atoms with Crippen LogP contribution in [0.25, 0.3) is 11.0 Å². The Labute approximate surface area is 159 Å². The van der Waals surface area contributed by atoms with Crippen LogP contribution < -0.4 is 10.6 Å². The van der Waals surface area contributed by atoms with E-state index in [-0.39, 0.29) is 24.4 Å². The van der Waals surface area contributed by atoms with Crippen molar-refractivity contribution in [2.24, 2.45) is 0 Å². The van der Waals surface area contributed by atoms with Gasteiger partial charge in [0, 0.05) is 11.5 Å². The van der Waals surface area contributed by atoms with E-state index in [1.54, 1.807) is 12.1 Å². The molecule has 0 aliphatic heterocycles. The number of urea groups is 1. The highest BCUT2D eigenvalue weighted by atomic mass is 19.4. The number of nitrogens with zero attached hydrogens (tertiary/aromatic N) is 1.